The van der Waals surface area contributed by atoms with Crippen LogP contribution in [0.3, 0.4) is 0 Å². The number of anilines is 1. The lowest BCUT2D eigenvalue weighted by Crippen LogP contribution is -2.60. The Labute approximate surface area is 251 Å². The highest BCUT2D eigenvalue weighted by Gasteiger charge is 2.37. The SMILES string of the molecule is Cc1cc(Oc2c(F)cccc2F)ncc1-n1ncc(C(=O)c2cc3c4c(ccc3[nH]2)C(CO)N(C2CN(C)C2)CC4)c1N. The average Bonchev–Trinajstić information content (AvgIpc) is 3.60. The van der Waals surface area contributed by atoms with E-state index in [1.54, 1.807) is 6.92 Å². The summed E-state index contributed by atoms with van der Waals surface area (Å²) < 4.78 is 34.8. The first kappa shape index (κ1) is 28.1. The number of ether oxygens (including phenoxy) is 1. The van der Waals surface area contributed by atoms with Gasteiger partial charge in [0, 0.05) is 42.6 Å². The summed E-state index contributed by atoms with van der Waals surface area (Å²) in [6.07, 6.45) is 3.65. The van der Waals surface area contributed by atoms with Crippen molar-refractivity contribution in [3.63, 3.8) is 0 Å². The normalized spacial score (nSPS) is 17.5. The summed E-state index contributed by atoms with van der Waals surface area (Å²) in [4.78, 5) is 25.8. The van der Waals surface area contributed by atoms with Crippen molar-refractivity contribution >= 4 is 22.5 Å². The Morgan fingerprint density at radius 1 is 1.16 bits per heavy atom. The van der Waals surface area contributed by atoms with Gasteiger partial charge in [-0.2, -0.15) is 5.10 Å². The minimum atomic E-state index is -0.845. The fourth-order valence-corrected chi connectivity index (χ4v) is 6.44. The molecular formula is C32H31F2N7O3. The molecule has 0 aliphatic carbocycles. The number of H-pyrrole nitrogens is 1. The third kappa shape index (κ3) is 4.62. The van der Waals surface area contributed by atoms with Gasteiger partial charge >= 0.3 is 0 Å². The number of hydrogen-bond donors (Lipinski definition) is 3. The molecule has 4 N–H and O–H groups in total. The van der Waals surface area contributed by atoms with E-state index in [-0.39, 0.29) is 35.7 Å². The largest absolute Gasteiger partial charge is 0.433 e. The van der Waals surface area contributed by atoms with Crippen LogP contribution in [0, 0.1) is 18.6 Å². The van der Waals surface area contributed by atoms with Gasteiger partial charge in [-0.1, -0.05) is 12.1 Å². The average molecular weight is 600 g/mol. The van der Waals surface area contributed by atoms with Gasteiger partial charge in [0.1, 0.15) is 5.82 Å². The molecule has 2 aliphatic rings. The van der Waals surface area contributed by atoms with Crippen LogP contribution < -0.4 is 10.5 Å². The van der Waals surface area contributed by atoms with Gasteiger partial charge in [-0.15, -0.1) is 0 Å². The predicted molar refractivity (Wildman–Crippen MR) is 160 cm³/mol. The minimum absolute atomic E-state index is 0.00901. The lowest BCUT2D eigenvalue weighted by Gasteiger charge is -2.49. The maximum atomic E-state index is 14.0. The van der Waals surface area contributed by atoms with E-state index >= 15 is 0 Å². The summed E-state index contributed by atoms with van der Waals surface area (Å²) >= 11 is 0. The van der Waals surface area contributed by atoms with E-state index in [4.69, 9.17) is 10.5 Å². The van der Waals surface area contributed by atoms with E-state index in [0.29, 0.717) is 23.0 Å². The number of likely N-dealkylation sites (tertiary alicyclic amines) is 1. The standard InChI is InChI=1S/C32H31F2N7O3/c1-17-10-29(44-31-23(33)4-3-5-24(31)34)36-13-27(17)41-32(35)22(12-37-41)30(43)26-11-21-19-8-9-40(18-14-39(2)15-18)28(16-42)20(19)6-7-25(21)38-26/h3-7,10-13,18,28,38,42H,8-9,14-16,35H2,1-2H3. The van der Waals surface area contributed by atoms with Crippen LogP contribution >= 0.6 is 0 Å². The van der Waals surface area contributed by atoms with Crippen LogP contribution in [-0.2, 0) is 6.42 Å². The number of aliphatic hydroxyl groups excluding tert-OH is 1. The summed E-state index contributed by atoms with van der Waals surface area (Å²) in [5.41, 5.74) is 11.2. The summed E-state index contributed by atoms with van der Waals surface area (Å²) in [6, 6.07) is 11.2. The van der Waals surface area contributed by atoms with E-state index in [0.717, 1.165) is 60.2 Å². The molecule has 1 fully saturated rings. The van der Waals surface area contributed by atoms with E-state index in [9.17, 15) is 18.7 Å². The highest BCUT2D eigenvalue weighted by Crippen LogP contribution is 2.37. The van der Waals surface area contributed by atoms with Crippen LogP contribution in [0.1, 0.15) is 38.8 Å². The van der Waals surface area contributed by atoms with E-state index in [1.807, 2.05) is 18.2 Å². The van der Waals surface area contributed by atoms with Crippen LogP contribution in [-0.4, -0.2) is 79.8 Å². The summed E-state index contributed by atoms with van der Waals surface area (Å²) in [5.74, 6) is -2.44. The first-order valence-electron chi connectivity index (χ1n) is 14.4. The number of nitrogen functional groups attached to an aromatic ring is 1. The highest BCUT2D eigenvalue weighted by molar-refractivity contribution is 6.12. The number of hydrogen-bond acceptors (Lipinski definition) is 8. The van der Waals surface area contributed by atoms with Crippen LogP contribution in [0.25, 0.3) is 16.6 Å². The molecule has 1 atom stereocenters. The number of nitrogens with one attached hydrogen (secondary N) is 1. The molecule has 0 radical (unpaired) electrons. The number of likely N-dealkylation sites (N-methyl/N-ethyl adjacent to an activating group) is 1. The number of benzene rings is 2. The number of ketones is 1. The second-order valence-electron chi connectivity index (χ2n) is 11.5. The zero-order valence-electron chi connectivity index (χ0n) is 24.2. The number of para-hydroxylation sites is 1. The number of nitrogens with two attached hydrogens (primary N) is 1. The number of aromatic amines is 1. The van der Waals surface area contributed by atoms with Gasteiger partial charge in [-0.05, 0) is 61.3 Å². The van der Waals surface area contributed by atoms with Crippen molar-refractivity contribution < 1.29 is 23.4 Å². The molecule has 10 nitrogen and oxygen atoms in total. The van der Waals surface area contributed by atoms with E-state index in [1.165, 1.54) is 29.2 Å². The Balaban J connectivity index is 1.15. The molecule has 5 heterocycles. The van der Waals surface area contributed by atoms with Crippen LogP contribution in [0.4, 0.5) is 14.6 Å². The number of aromatic nitrogens is 4. The molecule has 1 saturated heterocycles. The first-order chi connectivity index (χ1) is 21.2. The lowest BCUT2D eigenvalue weighted by molar-refractivity contribution is -0.00105. The molecule has 0 spiro atoms. The number of carbonyl (C=O) groups is 1. The number of rotatable bonds is 7. The lowest BCUT2D eigenvalue weighted by atomic mass is 9.88. The molecule has 226 valence electrons. The Morgan fingerprint density at radius 3 is 2.64 bits per heavy atom. The number of aliphatic hydroxyl groups is 1. The second-order valence-corrected chi connectivity index (χ2v) is 11.5. The van der Waals surface area contributed by atoms with Crippen LogP contribution in [0.5, 0.6) is 11.6 Å². The topological polar surface area (TPSA) is 126 Å². The van der Waals surface area contributed by atoms with Crippen molar-refractivity contribution in [2.24, 2.45) is 0 Å². The van der Waals surface area contributed by atoms with Crippen molar-refractivity contribution in [3.05, 3.63) is 94.4 Å². The van der Waals surface area contributed by atoms with Gasteiger partial charge in [0.25, 0.3) is 0 Å². The molecule has 3 aromatic heterocycles. The highest BCUT2D eigenvalue weighted by atomic mass is 19.1. The number of aryl methyl sites for hydroxylation is 1. The fraction of sp³-hybridized carbons (Fsp3) is 0.281. The van der Waals surface area contributed by atoms with Gasteiger partial charge < -0.3 is 25.5 Å². The third-order valence-corrected chi connectivity index (χ3v) is 8.72. The van der Waals surface area contributed by atoms with Gasteiger partial charge in [-0.25, -0.2) is 18.4 Å². The minimum Gasteiger partial charge on any atom is -0.433 e. The molecule has 12 heteroatoms. The molecule has 0 saturated carbocycles. The summed E-state index contributed by atoms with van der Waals surface area (Å²) in [6.45, 7) is 4.61. The van der Waals surface area contributed by atoms with Gasteiger partial charge in [0.2, 0.25) is 17.4 Å². The van der Waals surface area contributed by atoms with Gasteiger partial charge in [0.15, 0.2) is 11.6 Å². The molecule has 0 bridgehead atoms. The molecule has 44 heavy (non-hydrogen) atoms. The number of pyridine rings is 1. The molecule has 5 aromatic rings. The maximum absolute atomic E-state index is 14.0. The van der Waals surface area contributed by atoms with Gasteiger partial charge in [-0.3, -0.25) is 9.69 Å². The van der Waals surface area contributed by atoms with Crippen molar-refractivity contribution in [1.29, 1.82) is 0 Å². The smallest absolute Gasteiger partial charge is 0.219 e. The zero-order valence-corrected chi connectivity index (χ0v) is 24.2. The Bertz CT molecular complexity index is 1890. The molecule has 2 aromatic carbocycles. The predicted octanol–water partition coefficient (Wildman–Crippen LogP) is 4.15. The summed E-state index contributed by atoms with van der Waals surface area (Å²) in [7, 11) is 2.10. The molecular weight excluding hydrogens is 568 g/mol. The Morgan fingerprint density at radius 2 is 1.93 bits per heavy atom. The number of nitrogens with zero attached hydrogens (tertiary/aromatic N) is 5. The van der Waals surface area contributed by atoms with Crippen molar-refractivity contribution in [1.82, 2.24) is 29.5 Å². The number of halogens is 2. The van der Waals surface area contributed by atoms with Gasteiger partial charge in [0.05, 0.1) is 42.0 Å². The van der Waals surface area contributed by atoms with Crippen LogP contribution in [0.15, 0.2) is 54.9 Å². The number of carbonyl (C=O) groups excluding carboxylic acids is 1. The van der Waals surface area contributed by atoms with E-state index < -0.39 is 17.4 Å². The van der Waals surface area contributed by atoms with Crippen LogP contribution in [0.2, 0.25) is 0 Å². The summed E-state index contributed by atoms with van der Waals surface area (Å²) in [5, 5.41) is 15.6. The zero-order chi connectivity index (χ0) is 30.7. The first-order valence-corrected chi connectivity index (χ1v) is 14.4. The third-order valence-electron chi connectivity index (χ3n) is 8.72. The molecule has 2 aliphatic heterocycles. The van der Waals surface area contributed by atoms with Crippen molar-refractivity contribution in [3.8, 4) is 17.3 Å². The fourth-order valence-electron chi connectivity index (χ4n) is 6.44. The molecule has 1 unspecified atom stereocenters. The Hall–Kier alpha value is -4.65. The quantitative estimate of drug-likeness (QED) is 0.239. The maximum Gasteiger partial charge on any atom is 0.219 e. The number of fused-ring (bicyclic) bond motifs is 3. The van der Waals surface area contributed by atoms with E-state index in [2.05, 4.69) is 31.9 Å². The Kier molecular flexibility index (Phi) is 6.91. The monoisotopic (exact) mass is 599 g/mol. The van der Waals surface area contributed by atoms with Crippen molar-refractivity contribution in [2.45, 2.75) is 25.4 Å². The molecule has 0 amide bonds. The second kappa shape index (κ2) is 10.8. The van der Waals surface area contributed by atoms with Crippen molar-refractivity contribution in [2.75, 3.05) is 39.0 Å². The molecule has 7 rings (SSSR count).